The van der Waals surface area contributed by atoms with Gasteiger partial charge in [-0.05, 0) is 19.8 Å². The van der Waals surface area contributed by atoms with E-state index in [9.17, 15) is 0 Å². The van der Waals surface area contributed by atoms with E-state index in [1.54, 1.807) is 11.3 Å². The third-order valence-electron chi connectivity index (χ3n) is 3.40. The second-order valence-corrected chi connectivity index (χ2v) is 6.43. The van der Waals surface area contributed by atoms with Crippen molar-refractivity contribution >= 4 is 11.3 Å². The predicted molar refractivity (Wildman–Crippen MR) is 71.1 cm³/mol. The lowest BCUT2D eigenvalue weighted by Crippen LogP contribution is -2.43. The highest BCUT2D eigenvalue weighted by molar-refractivity contribution is 7.11. The molecule has 0 amide bonds. The predicted octanol–water partition coefficient (Wildman–Crippen LogP) is 3.02. The van der Waals surface area contributed by atoms with Crippen LogP contribution in [-0.2, 0) is 11.3 Å². The van der Waals surface area contributed by atoms with Crippen molar-refractivity contribution < 1.29 is 4.74 Å². The summed E-state index contributed by atoms with van der Waals surface area (Å²) < 4.78 is 5.78. The molecule has 0 unspecified atom stereocenters. The van der Waals surface area contributed by atoms with Crippen LogP contribution in [0.2, 0.25) is 0 Å². The first kappa shape index (κ1) is 13.0. The molecule has 1 aliphatic carbocycles. The Morgan fingerprint density at radius 2 is 2.06 bits per heavy atom. The van der Waals surface area contributed by atoms with Gasteiger partial charge < -0.3 is 10.5 Å². The number of ether oxygens (including phenoxy) is 1. The summed E-state index contributed by atoms with van der Waals surface area (Å²) in [6.45, 7) is 3.36. The molecule has 1 aliphatic rings. The van der Waals surface area contributed by atoms with Gasteiger partial charge in [-0.1, -0.05) is 25.7 Å². The standard InChI is InChI=1S/C13H22N2OS/c1-11-15-8-12(17-11)9-16-10-13(14)6-4-2-3-5-7-13/h8H,2-7,9-10,14H2,1H3. The molecular weight excluding hydrogens is 232 g/mol. The fourth-order valence-corrected chi connectivity index (χ4v) is 3.14. The van der Waals surface area contributed by atoms with Crippen LogP contribution in [0.1, 0.15) is 48.4 Å². The summed E-state index contributed by atoms with van der Waals surface area (Å²) in [6.07, 6.45) is 9.26. The summed E-state index contributed by atoms with van der Waals surface area (Å²) >= 11 is 1.70. The Bertz CT molecular complexity index is 343. The monoisotopic (exact) mass is 254 g/mol. The first-order valence-corrected chi connectivity index (χ1v) is 7.28. The van der Waals surface area contributed by atoms with E-state index in [0.29, 0.717) is 13.2 Å². The fraction of sp³-hybridized carbons (Fsp3) is 0.769. The number of nitrogens with two attached hydrogens (primary N) is 1. The second-order valence-electron chi connectivity index (χ2n) is 5.11. The van der Waals surface area contributed by atoms with Crippen LogP contribution in [-0.4, -0.2) is 17.1 Å². The van der Waals surface area contributed by atoms with Gasteiger partial charge in [-0.2, -0.15) is 0 Å². The molecule has 0 radical (unpaired) electrons. The lowest BCUT2D eigenvalue weighted by molar-refractivity contribution is 0.0681. The van der Waals surface area contributed by atoms with Gasteiger partial charge in [-0.25, -0.2) is 4.98 Å². The fourth-order valence-electron chi connectivity index (χ4n) is 2.40. The van der Waals surface area contributed by atoms with Gasteiger partial charge in [-0.15, -0.1) is 11.3 Å². The first-order valence-electron chi connectivity index (χ1n) is 6.46. The molecule has 17 heavy (non-hydrogen) atoms. The molecule has 3 nitrogen and oxygen atoms in total. The van der Waals surface area contributed by atoms with Crippen molar-refractivity contribution in [1.29, 1.82) is 0 Å². The Morgan fingerprint density at radius 3 is 2.65 bits per heavy atom. The maximum absolute atomic E-state index is 6.39. The van der Waals surface area contributed by atoms with Crippen molar-refractivity contribution in [2.45, 2.75) is 57.6 Å². The van der Waals surface area contributed by atoms with Gasteiger partial charge in [0.2, 0.25) is 0 Å². The van der Waals surface area contributed by atoms with Crippen molar-refractivity contribution in [3.8, 4) is 0 Å². The molecule has 2 N–H and O–H groups in total. The third kappa shape index (κ3) is 4.05. The van der Waals surface area contributed by atoms with Crippen molar-refractivity contribution in [1.82, 2.24) is 4.98 Å². The Balaban J connectivity index is 1.76. The molecule has 1 fully saturated rings. The van der Waals surface area contributed by atoms with Gasteiger partial charge in [-0.3, -0.25) is 0 Å². The summed E-state index contributed by atoms with van der Waals surface area (Å²) in [5.74, 6) is 0. The zero-order valence-electron chi connectivity index (χ0n) is 10.6. The number of thiazole rings is 1. The van der Waals surface area contributed by atoms with E-state index in [-0.39, 0.29) is 5.54 Å². The van der Waals surface area contributed by atoms with Gasteiger partial charge in [0.25, 0.3) is 0 Å². The molecule has 0 bridgehead atoms. The second kappa shape index (κ2) is 5.94. The van der Waals surface area contributed by atoms with E-state index in [4.69, 9.17) is 10.5 Å². The number of rotatable bonds is 4. The molecule has 96 valence electrons. The minimum Gasteiger partial charge on any atom is -0.374 e. The van der Waals surface area contributed by atoms with E-state index in [2.05, 4.69) is 4.98 Å². The van der Waals surface area contributed by atoms with Crippen LogP contribution < -0.4 is 5.73 Å². The molecule has 1 aromatic heterocycles. The van der Waals surface area contributed by atoms with Crippen LogP contribution in [0.5, 0.6) is 0 Å². The molecule has 1 saturated carbocycles. The number of aryl methyl sites for hydroxylation is 1. The van der Waals surface area contributed by atoms with Crippen LogP contribution in [0.25, 0.3) is 0 Å². The normalized spacial score (nSPS) is 20.1. The summed E-state index contributed by atoms with van der Waals surface area (Å²) in [5, 5.41) is 1.10. The Hall–Kier alpha value is -0.450. The largest absolute Gasteiger partial charge is 0.374 e. The summed E-state index contributed by atoms with van der Waals surface area (Å²) in [6, 6.07) is 0. The van der Waals surface area contributed by atoms with E-state index in [1.165, 1.54) is 30.6 Å². The lowest BCUT2D eigenvalue weighted by atomic mass is 9.93. The maximum Gasteiger partial charge on any atom is 0.0897 e. The quantitative estimate of drug-likeness (QED) is 0.840. The van der Waals surface area contributed by atoms with Gasteiger partial charge in [0, 0.05) is 11.7 Å². The highest BCUT2D eigenvalue weighted by atomic mass is 32.1. The van der Waals surface area contributed by atoms with E-state index in [1.807, 2.05) is 13.1 Å². The van der Waals surface area contributed by atoms with Crippen LogP contribution in [0, 0.1) is 6.92 Å². The maximum atomic E-state index is 6.39. The minimum absolute atomic E-state index is 0.0871. The van der Waals surface area contributed by atoms with Crippen LogP contribution >= 0.6 is 11.3 Å². The molecule has 1 aromatic rings. The van der Waals surface area contributed by atoms with E-state index in [0.717, 1.165) is 17.8 Å². The van der Waals surface area contributed by atoms with Crippen molar-refractivity contribution in [3.05, 3.63) is 16.1 Å². The first-order chi connectivity index (χ1) is 8.18. The average molecular weight is 254 g/mol. The Morgan fingerprint density at radius 1 is 1.35 bits per heavy atom. The molecule has 0 spiro atoms. The van der Waals surface area contributed by atoms with Crippen molar-refractivity contribution in [2.75, 3.05) is 6.61 Å². The smallest absolute Gasteiger partial charge is 0.0897 e. The third-order valence-corrected chi connectivity index (χ3v) is 4.29. The van der Waals surface area contributed by atoms with E-state index < -0.39 is 0 Å². The van der Waals surface area contributed by atoms with Crippen molar-refractivity contribution in [3.63, 3.8) is 0 Å². The summed E-state index contributed by atoms with van der Waals surface area (Å²) in [4.78, 5) is 5.42. The van der Waals surface area contributed by atoms with E-state index >= 15 is 0 Å². The highest BCUT2D eigenvalue weighted by Gasteiger charge is 2.26. The number of hydrogen-bond acceptors (Lipinski definition) is 4. The van der Waals surface area contributed by atoms with Crippen LogP contribution in [0.3, 0.4) is 0 Å². The molecule has 0 atom stereocenters. The van der Waals surface area contributed by atoms with Gasteiger partial charge >= 0.3 is 0 Å². The molecule has 0 aliphatic heterocycles. The summed E-state index contributed by atoms with van der Waals surface area (Å²) in [7, 11) is 0. The van der Waals surface area contributed by atoms with Gasteiger partial charge in [0.1, 0.15) is 0 Å². The molecule has 4 heteroatoms. The molecular formula is C13H22N2OS. The molecule has 2 rings (SSSR count). The van der Waals surface area contributed by atoms with Gasteiger partial charge in [0.15, 0.2) is 0 Å². The molecule has 0 saturated heterocycles. The summed E-state index contributed by atoms with van der Waals surface area (Å²) in [5.41, 5.74) is 6.30. The number of nitrogens with zero attached hydrogens (tertiary/aromatic N) is 1. The number of aromatic nitrogens is 1. The molecule has 1 heterocycles. The highest BCUT2D eigenvalue weighted by Crippen LogP contribution is 2.25. The van der Waals surface area contributed by atoms with Gasteiger partial charge in [0.05, 0.1) is 23.1 Å². The zero-order chi connectivity index (χ0) is 12.1. The molecule has 0 aromatic carbocycles. The lowest BCUT2D eigenvalue weighted by Gasteiger charge is -2.27. The Labute approximate surface area is 107 Å². The van der Waals surface area contributed by atoms with Crippen LogP contribution in [0.15, 0.2) is 6.20 Å². The Kier molecular flexibility index (Phi) is 4.54. The zero-order valence-corrected chi connectivity index (χ0v) is 11.4. The number of hydrogen-bond donors (Lipinski definition) is 1. The SMILES string of the molecule is Cc1ncc(COCC2(N)CCCCCC2)s1. The van der Waals surface area contributed by atoms with Crippen LogP contribution in [0.4, 0.5) is 0 Å². The van der Waals surface area contributed by atoms with Crippen molar-refractivity contribution in [2.24, 2.45) is 5.73 Å². The topological polar surface area (TPSA) is 48.1 Å². The minimum atomic E-state index is -0.0871. The average Bonchev–Trinajstić information content (AvgIpc) is 2.58.